The van der Waals surface area contributed by atoms with Crippen molar-refractivity contribution in [3.63, 3.8) is 0 Å². The van der Waals surface area contributed by atoms with Crippen LogP contribution in [0, 0.1) is 0 Å². The Hall–Kier alpha value is 0.430. The summed E-state index contributed by atoms with van der Waals surface area (Å²) in [5.74, 6) is 0.661. The first-order valence-electron chi connectivity index (χ1n) is 5.04. The van der Waals surface area contributed by atoms with Crippen molar-refractivity contribution in [2.75, 3.05) is 11.1 Å². The zero-order valence-corrected chi connectivity index (χ0v) is 12.6. The van der Waals surface area contributed by atoms with Crippen LogP contribution in [-0.4, -0.2) is 15.3 Å². The third-order valence-electron chi connectivity index (χ3n) is 2.10. The van der Waals surface area contributed by atoms with E-state index in [9.17, 15) is 4.21 Å². The topological polar surface area (TPSA) is 17.1 Å². The largest absolute Gasteiger partial charge is 0.254 e. The molecule has 0 aliphatic carbocycles. The highest BCUT2D eigenvalue weighted by Gasteiger charge is 2.08. The second-order valence-corrected chi connectivity index (χ2v) is 6.55. The lowest BCUT2D eigenvalue weighted by Gasteiger charge is -2.04. The average Bonchev–Trinajstić information content (AvgIpc) is 2.24. The van der Waals surface area contributed by atoms with E-state index in [1.165, 1.54) is 0 Å². The van der Waals surface area contributed by atoms with E-state index >= 15 is 0 Å². The van der Waals surface area contributed by atoms with Crippen molar-refractivity contribution in [2.24, 2.45) is 0 Å². The lowest BCUT2D eigenvalue weighted by molar-refractivity contribution is 0.677. The average molecular weight is 344 g/mol. The summed E-state index contributed by atoms with van der Waals surface area (Å²) >= 11 is 15.1. The number of unbranched alkanes of at least 4 members (excludes halogenated alkanes) is 2. The summed E-state index contributed by atoms with van der Waals surface area (Å²) in [7, 11) is -1.01. The highest BCUT2D eigenvalue weighted by molar-refractivity contribution is 9.09. The molecular weight excluding hydrogens is 331 g/mol. The van der Waals surface area contributed by atoms with Crippen LogP contribution in [0.5, 0.6) is 0 Å². The third kappa shape index (κ3) is 4.74. The maximum Gasteiger partial charge on any atom is 0.0582 e. The molecule has 1 aromatic carbocycles. The zero-order valence-electron chi connectivity index (χ0n) is 8.72. The Balaban J connectivity index is 2.53. The Bertz CT molecular complexity index is 371. The van der Waals surface area contributed by atoms with Crippen molar-refractivity contribution in [2.45, 2.75) is 24.2 Å². The predicted octanol–water partition coefficient (Wildman–Crippen LogP) is 4.67. The third-order valence-corrected chi connectivity index (χ3v) is 4.83. The van der Waals surface area contributed by atoms with E-state index in [-0.39, 0.29) is 0 Å². The Morgan fingerprint density at radius 1 is 1.19 bits per heavy atom. The minimum Gasteiger partial charge on any atom is -0.254 e. The van der Waals surface area contributed by atoms with Crippen LogP contribution in [0.1, 0.15) is 19.3 Å². The molecule has 90 valence electrons. The van der Waals surface area contributed by atoms with Gasteiger partial charge >= 0.3 is 0 Å². The van der Waals surface area contributed by atoms with Crippen LogP contribution >= 0.6 is 39.1 Å². The quantitative estimate of drug-likeness (QED) is 0.542. The summed E-state index contributed by atoms with van der Waals surface area (Å²) in [5.41, 5.74) is 0. The molecule has 0 spiro atoms. The standard InChI is InChI=1S/C11H13BrCl2OS/c12-6-2-1-3-7-16(15)11-5-4-9(13)8-10(11)14/h4-5,8H,1-3,6-7H2. The van der Waals surface area contributed by atoms with Gasteiger partial charge in [-0.25, -0.2) is 0 Å². The van der Waals surface area contributed by atoms with Gasteiger partial charge in [-0.2, -0.15) is 0 Å². The molecule has 0 fully saturated rings. The van der Waals surface area contributed by atoms with E-state index in [1.807, 2.05) is 0 Å². The van der Waals surface area contributed by atoms with Gasteiger partial charge in [-0.05, 0) is 31.0 Å². The lowest BCUT2D eigenvalue weighted by atomic mass is 10.3. The first kappa shape index (κ1) is 14.5. The van der Waals surface area contributed by atoms with Crippen LogP contribution in [0.15, 0.2) is 23.1 Å². The molecule has 1 unspecified atom stereocenters. The van der Waals surface area contributed by atoms with Crippen LogP contribution in [0.2, 0.25) is 10.0 Å². The van der Waals surface area contributed by atoms with Gasteiger partial charge in [-0.3, -0.25) is 4.21 Å². The maximum absolute atomic E-state index is 11.9. The SMILES string of the molecule is O=S(CCCCCBr)c1ccc(Cl)cc1Cl. The molecule has 0 N–H and O–H groups in total. The molecule has 0 aliphatic heterocycles. The van der Waals surface area contributed by atoms with Gasteiger partial charge in [0, 0.05) is 16.1 Å². The fourth-order valence-electron chi connectivity index (χ4n) is 1.27. The maximum atomic E-state index is 11.9. The second kappa shape index (κ2) is 7.70. The molecule has 1 aromatic rings. The van der Waals surface area contributed by atoms with Crippen molar-refractivity contribution in [1.29, 1.82) is 0 Å². The van der Waals surface area contributed by atoms with Gasteiger partial charge in [-0.15, -0.1) is 0 Å². The van der Waals surface area contributed by atoms with Crippen molar-refractivity contribution in [3.8, 4) is 0 Å². The van der Waals surface area contributed by atoms with Gasteiger partial charge in [0.1, 0.15) is 0 Å². The van der Waals surface area contributed by atoms with E-state index in [2.05, 4.69) is 15.9 Å². The smallest absolute Gasteiger partial charge is 0.0582 e. The Labute approximate surface area is 117 Å². The van der Waals surface area contributed by atoms with Crippen LogP contribution in [0.25, 0.3) is 0 Å². The van der Waals surface area contributed by atoms with Crippen LogP contribution in [-0.2, 0) is 10.8 Å². The molecule has 0 aliphatic rings. The number of hydrogen-bond acceptors (Lipinski definition) is 1. The number of halogens is 3. The van der Waals surface area contributed by atoms with Crippen molar-refractivity contribution < 1.29 is 4.21 Å². The number of hydrogen-bond donors (Lipinski definition) is 0. The van der Waals surface area contributed by atoms with Crippen molar-refractivity contribution in [1.82, 2.24) is 0 Å². The fourth-order valence-corrected chi connectivity index (χ4v) is 3.52. The molecule has 0 saturated carbocycles. The monoisotopic (exact) mass is 342 g/mol. The fraction of sp³-hybridized carbons (Fsp3) is 0.455. The van der Waals surface area contributed by atoms with Crippen LogP contribution < -0.4 is 0 Å². The highest BCUT2D eigenvalue weighted by atomic mass is 79.9. The van der Waals surface area contributed by atoms with Crippen molar-refractivity contribution >= 4 is 49.9 Å². The summed E-state index contributed by atoms with van der Waals surface area (Å²) < 4.78 is 11.9. The van der Waals surface area contributed by atoms with Crippen LogP contribution in [0.4, 0.5) is 0 Å². The second-order valence-electron chi connectivity index (χ2n) is 3.37. The molecular formula is C11H13BrCl2OS. The molecule has 0 radical (unpaired) electrons. The summed E-state index contributed by atoms with van der Waals surface area (Å²) in [6, 6.07) is 5.10. The molecule has 5 heteroatoms. The minimum absolute atomic E-state index is 0.492. The van der Waals surface area contributed by atoms with E-state index < -0.39 is 10.8 Å². The molecule has 1 rings (SSSR count). The molecule has 0 heterocycles. The van der Waals surface area contributed by atoms with E-state index in [4.69, 9.17) is 23.2 Å². The van der Waals surface area contributed by atoms with Gasteiger partial charge < -0.3 is 0 Å². The van der Waals surface area contributed by atoms with E-state index in [1.54, 1.807) is 18.2 Å². The lowest BCUT2D eigenvalue weighted by Crippen LogP contribution is -1.99. The molecule has 0 aromatic heterocycles. The van der Waals surface area contributed by atoms with E-state index in [0.29, 0.717) is 20.7 Å². The van der Waals surface area contributed by atoms with Crippen molar-refractivity contribution in [3.05, 3.63) is 28.2 Å². The zero-order chi connectivity index (χ0) is 12.0. The molecule has 1 nitrogen and oxygen atoms in total. The highest BCUT2D eigenvalue weighted by Crippen LogP contribution is 2.24. The van der Waals surface area contributed by atoms with Gasteiger partial charge in [-0.1, -0.05) is 45.6 Å². The van der Waals surface area contributed by atoms with Crippen LogP contribution in [0.3, 0.4) is 0 Å². The number of alkyl halides is 1. The first-order chi connectivity index (χ1) is 7.65. The summed E-state index contributed by atoms with van der Waals surface area (Å²) in [6.45, 7) is 0. The summed E-state index contributed by atoms with van der Waals surface area (Å²) in [5, 5.41) is 2.07. The van der Waals surface area contributed by atoms with Gasteiger partial charge in [0.05, 0.1) is 20.7 Å². The van der Waals surface area contributed by atoms with E-state index in [0.717, 1.165) is 24.6 Å². The summed E-state index contributed by atoms with van der Waals surface area (Å²) in [6.07, 6.45) is 3.16. The first-order valence-corrected chi connectivity index (χ1v) is 8.24. The summed E-state index contributed by atoms with van der Waals surface area (Å²) in [4.78, 5) is 0.685. The van der Waals surface area contributed by atoms with Gasteiger partial charge in [0.15, 0.2) is 0 Å². The normalized spacial score (nSPS) is 12.7. The Kier molecular flexibility index (Phi) is 6.97. The molecule has 0 amide bonds. The molecule has 0 bridgehead atoms. The number of rotatable bonds is 6. The number of benzene rings is 1. The molecule has 0 saturated heterocycles. The molecule has 1 atom stereocenters. The van der Waals surface area contributed by atoms with Gasteiger partial charge in [0.25, 0.3) is 0 Å². The Morgan fingerprint density at radius 3 is 2.56 bits per heavy atom. The minimum atomic E-state index is -1.01. The van der Waals surface area contributed by atoms with Gasteiger partial charge in [0.2, 0.25) is 0 Å². The predicted molar refractivity (Wildman–Crippen MR) is 75.4 cm³/mol. The Morgan fingerprint density at radius 2 is 1.94 bits per heavy atom. The molecule has 16 heavy (non-hydrogen) atoms.